The van der Waals surface area contributed by atoms with E-state index in [1.54, 1.807) is 20.4 Å². The van der Waals surface area contributed by atoms with E-state index in [2.05, 4.69) is 49.5 Å². The first-order valence-corrected chi connectivity index (χ1v) is 10.8. The van der Waals surface area contributed by atoms with Crippen molar-refractivity contribution in [1.82, 2.24) is 19.9 Å². The fraction of sp³-hybridized carbons (Fsp3) is 0.200. The highest BCUT2D eigenvalue weighted by molar-refractivity contribution is 5.90. The molecule has 0 amide bonds. The minimum absolute atomic E-state index is 0.254. The number of nitrogens with one attached hydrogen (secondary N) is 3. The van der Waals surface area contributed by atoms with Crippen molar-refractivity contribution in [2.75, 3.05) is 31.8 Å². The van der Waals surface area contributed by atoms with Gasteiger partial charge in [0.25, 0.3) is 0 Å². The second kappa shape index (κ2) is 8.74. The SMILES string of the molecule is COc1cc(OC)c2[nH]cc(CCNc3nc(N)ncc3Cc3ccc4[nH]ccc4c3)c2c1. The van der Waals surface area contributed by atoms with Crippen LogP contribution < -0.4 is 20.5 Å². The number of H-pyrrole nitrogens is 2. The summed E-state index contributed by atoms with van der Waals surface area (Å²) in [4.78, 5) is 15.2. The average Bonchev–Trinajstić information content (AvgIpc) is 3.46. The lowest BCUT2D eigenvalue weighted by molar-refractivity contribution is 0.397. The van der Waals surface area contributed by atoms with Gasteiger partial charge in [0.1, 0.15) is 17.3 Å². The Morgan fingerprint density at radius 1 is 1.03 bits per heavy atom. The number of benzene rings is 2. The molecule has 0 spiro atoms. The monoisotopic (exact) mass is 442 g/mol. The molecule has 8 nitrogen and oxygen atoms in total. The van der Waals surface area contributed by atoms with E-state index in [1.165, 1.54) is 10.9 Å². The van der Waals surface area contributed by atoms with Crippen molar-refractivity contribution in [3.63, 3.8) is 0 Å². The maximum Gasteiger partial charge on any atom is 0.221 e. The van der Waals surface area contributed by atoms with E-state index in [0.29, 0.717) is 13.0 Å². The summed E-state index contributed by atoms with van der Waals surface area (Å²) in [5.41, 5.74) is 11.3. The van der Waals surface area contributed by atoms with Crippen LogP contribution in [0.5, 0.6) is 11.5 Å². The Balaban J connectivity index is 1.34. The standard InChI is InChI=1S/C25H26N6O2/c1-32-19-11-20-17(13-29-23(20)22(12-19)33-2)6-8-28-24-18(14-30-25(26)31-24)10-15-3-4-21-16(9-15)5-7-27-21/h3-5,7,9,11-14,27,29H,6,8,10H2,1-2H3,(H3,26,28,30,31). The van der Waals surface area contributed by atoms with Crippen molar-refractivity contribution in [3.05, 3.63) is 71.7 Å². The van der Waals surface area contributed by atoms with Gasteiger partial charge in [-0.15, -0.1) is 0 Å². The van der Waals surface area contributed by atoms with Crippen LogP contribution in [-0.2, 0) is 12.8 Å². The first-order chi connectivity index (χ1) is 16.1. The lowest BCUT2D eigenvalue weighted by Crippen LogP contribution is -2.11. The van der Waals surface area contributed by atoms with Crippen LogP contribution in [0.25, 0.3) is 21.8 Å². The molecule has 0 atom stereocenters. The van der Waals surface area contributed by atoms with E-state index in [0.717, 1.165) is 51.3 Å². The summed E-state index contributed by atoms with van der Waals surface area (Å²) < 4.78 is 10.9. The van der Waals surface area contributed by atoms with Crippen molar-refractivity contribution >= 4 is 33.6 Å². The summed E-state index contributed by atoms with van der Waals surface area (Å²) in [5, 5.41) is 5.72. The van der Waals surface area contributed by atoms with Gasteiger partial charge < -0.3 is 30.5 Å². The number of hydrogen-bond donors (Lipinski definition) is 4. The Morgan fingerprint density at radius 3 is 2.79 bits per heavy atom. The number of hydrogen-bond acceptors (Lipinski definition) is 6. The molecule has 5 N–H and O–H groups in total. The molecule has 0 saturated heterocycles. The number of fused-ring (bicyclic) bond motifs is 2. The molecule has 3 aromatic heterocycles. The largest absolute Gasteiger partial charge is 0.497 e. The molecular weight excluding hydrogens is 416 g/mol. The van der Waals surface area contributed by atoms with Crippen LogP contribution in [0.1, 0.15) is 16.7 Å². The van der Waals surface area contributed by atoms with Crippen molar-refractivity contribution in [3.8, 4) is 11.5 Å². The third-order valence-electron chi connectivity index (χ3n) is 5.85. The second-order valence-corrected chi connectivity index (χ2v) is 7.92. The van der Waals surface area contributed by atoms with Gasteiger partial charge in [-0.3, -0.25) is 0 Å². The molecule has 5 rings (SSSR count). The summed E-state index contributed by atoms with van der Waals surface area (Å²) in [6.07, 6.45) is 7.26. The Hall–Kier alpha value is -4.20. The summed E-state index contributed by atoms with van der Waals surface area (Å²) in [6, 6.07) is 12.4. The molecule has 3 heterocycles. The van der Waals surface area contributed by atoms with Gasteiger partial charge >= 0.3 is 0 Å². The van der Waals surface area contributed by atoms with E-state index in [1.807, 2.05) is 24.5 Å². The van der Waals surface area contributed by atoms with Gasteiger partial charge in [0.05, 0.1) is 19.7 Å². The first-order valence-electron chi connectivity index (χ1n) is 10.8. The maximum absolute atomic E-state index is 5.89. The molecule has 0 aliphatic rings. The van der Waals surface area contributed by atoms with E-state index in [9.17, 15) is 0 Å². The molecule has 0 saturated carbocycles. The first kappa shape index (κ1) is 20.7. The van der Waals surface area contributed by atoms with Gasteiger partial charge in [0.2, 0.25) is 5.95 Å². The van der Waals surface area contributed by atoms with Crippen LogP contribution in [0.2, 0.25) is 0 Å². The Bertz CT molecular complexity index is 1420. The number of anilines is 2. The fourth-order valence-corrected chi connectivity index (χ4v) is 4.17. The number of nitrogens with zero attached hydrogens (tertiary/aromatic N) is 2. The predicted molar refractivity (Wildman–Crippen MR) is 131 cm³/mol. The van der Waals surface area contributed by atoms with Crippen molar-refractivity contribution in [2.45, 2.75) is 12.8 Å². The number of methoxy groups -OCH3 is 2. The number of ether oxygens (including phenoxy) is 2. The molecule has 8 heteroatoms. The Labute approximate surface area is 191 Å². The van der Waals surface area contributed by atoms with Gasteiger partial charge in [-0.25, -0.2) is 4.98 Å². The van der Waals surface area contributed by atoms with E-state index in [4.69, 9.17) is 15.2 Å². The number of rotatable bonds is 8. The van der Waals surface area contributed by atoms with Gasteiger partial charge in [-0.05, 0) is 47.2 Å². The Kier molecular flexibility index (Phi) is 5.48. The molecule has 5 aromatic rings. The van der Waals surface area contributed by atoms with Crippen molar-refractivity contribution in [2.24, 2.45) is 0 Å². The minimum atomic E-state index is 0.254. The highest BCUT2D eigenvalue weighted by Crippen LogP contribution is 2.32. The lowest BCUT2D eigenvalue weighted by Gasteiger charge is -2.12. The van der Waals surface area contributed by atoms with Crippen LogP contribution >= 0.6 is 0 Å². The maximum atomic E-state index is 5.89. The molecule has 0 aliphatic heterocycles. The van der Waals surface area contributed by atoms with Gasteiger partial charge in [0.15, 0.2) is 0 Å². The number of nitrogens with two attached hydrogens (primary N) is 1. The smallest absolute Gasteiger partial charge is 0.221 e. The summed E-state index contributed by atoms with van der Waals surface area (Å²) in [6.45, 7) is 0.687. The quantitative estimate of drug-likeness (QED) is 0.285. The number of aromatic amines is 2. The van der Waals surface area contributed by atoms with Gasteiger partial charge in [-0.1, -0.05) is 6.07 Å². The van der Waals surface area contributed by atoms with Crippen LogP contribution in [0.3, 0.4) is 0 Å². The third kappa shape index (κ3) is 4.15. The van der Waals surface area contributed by atoms with Gasteiger partial charge in [-0.2, -0.15) is 4.98 Å². The van der Waals surface area contributed by atoms with Crippen LogP contribution in [-0.4, -0.2) is 40.7 Å². The Morgan fingerprint density at radius 2 is 1.94 bits per heavy atom. The second-order valence-electron chi connectivity index (χ2n) is 7.92. The minimum Gasteiger partial charge on any atom is -0.497 e. The number of aromatic nitrogens is 4. The fourth-order valence-electron chi connectivity index (χ4n) is 4.17. The molecule has 0 aliphatic carbocycles. The molecule has 0 bridgehead atoms. The van der Waals surface area contributed by atoms with Crippen molar-refractivity contribution < 1.29 is 9.47 Å². The zero-order chi connectivity index (χ0) is 22.8. The third-order valence-corrected chi connectivity index (χ3v) is 5.85. The topological polar surface area (TPSA) is 114 Å². The summed E-state index contributed by atoms with van der Waals surface area (Å²) in [7, 11) is 3.31. The lowest BCUT2D eigenvalue weighted by atomic mass is 10.0. The highest BCUT2D eigenvalue weighted by Gasteiger charge is 2.12. The normalized spacial score (nSPS) is 11.2. The van der Waals surface area contributed by atoms with E-state index in [-0.39, 0.29) is 5.95 Å². The van der Waals surface area contributed by atoms with Crippen molar-refractivity contribution in [1.29, 1.82) is 0 Å². The molecule has 0 fully saturated rings. The summed E-state index contributed by atoms with van der Waals surface area (Å²) >= 11 is 0. The van der Waals surface area contributed by atoms with E-state index < -0.39 is 0 Å². The van der Waals surface area contributed by atoms with Crippen LogP contribution in [0.15, 0.2) is 55.0 Å². The average molecular weight is 443 g/mol. The zero-order valence-electron chi connectivity index (χ0n) is 18.6. The molecule has 0 unspecified atom stereocenters. The molecule has 168 valence electrons. The van der Waals surface area contributed by atoms with Crippen LogP contribution in [0, 0.1) is 0 Å². The van der Waals surface area contributed by atoms with E-state index >= 15 is 0 Å². The number of nitrogen functional groups attached to an aromatic ring is 1. The molecule has 33 heavy (non-hydrogen) atoms. The molecular formula is C25H26N6O2. The van der Waals surface area contributed by atoms with Gasteiger partial charge in [0, 0.05) is 54.1 Å². The molecule has 0 radical (unpaired) electrons. The van der Waals surface area contributed by atoms with Crippen LogP contribution in [0.4, 0.5) is 11.8 Å². The predicted octanol–water partition coefficient (Wildman–Crippen LogP) is 4.28. The summed E-state index contributed by atoms with van der Waals surface area (Å²) in [5.74, 6) is 2.53. The highest BCUT2D eigenvalue weighted by atomic mass is 16.5. The zero-order valence-corrected chi connectivity index (χ0v) is 18.6. The molecule has 2 aromatic carbocycles.